The molecule has 1 N–H and O–H groups in total. The number of rotatable bonds is 6. The molecule has 0 amide bonds. The summed E-state index contributed by atoms with van der Waals surface area (Å²) in [6.07, 6.45) is 4.41. The first-order valence-corrected chi connectivity index (χ1v) is 6.13. The molecule has 1 heterocycles. The molecule has 0 radical (unpaired) electrons. The van der Waals surface area contributed by atoms with Crippen LogP contribution in [0.15, 0.2) is 12.3 Å². The van der Waals surface area contributed by atoms with E-state index < -0.39 is 0 Å². The van der Waals surface area contributed by atoms with Gasteiger partial charge in [0.2, 0.25) is 0 Å². The average molecular weight is 241 g/mol. The summed E-state index contributed by atoms with van der Waals surface area (Å²) in [5.74, 6) is 0. The summed E-state index contributed by atoms with van der Waals surface area (Å²) in [6, 6.07) is 2.62. The second-order valence-electron chi connectivity index (χ2n) is 4.05. The van der Waals surface area contributed by atoms with Crippen LogP contribution in [0.1, 0.15) is 19.8 Å². The van der Waals surface area contributed by atoms with E-state index in [0.29, 0.717) is 5.15 Å². The molecule has 0 spiro atoms. The van der Waals surface area contributed by atoms with Gasteiger partial charge in [0.1, 0.15) is 0 Å². The number of likely N-dealkylation sites (N-methyl/N-ethyl adjacent to an activating group) is 1. The summed E-state index contributed by atoms with van der Waals surface area (Å²) in [4.78, 5) is 2.50. The second-order valence-corrected chi connectivity index (χ2v) is 4.44. The Balaban J connectivity index is 1.74. The normalized spacial score (nSPS) is 15.4. The number of hydrogen-bond acceptors (Lipinski definition) is 4. The first-order chi connectivity index (χ1) is 7.79. The first kappa shape index (κ1) is 11.6. The molecule has 0 aliphatic heterocycles. The minimum Gasteiger partial charge on any atom is -0.382 e. The monoisotopic (exact) mass is 240 g/mol. The molecule has 1 aromatic heterocycles. The molecular weight excluding hydrogens is 224 g/mol. The first-order valence-electron chi connectivity index (χ1n) is 5.75. The Labute approximate surface area is 101 Å². The summed E-state index contributed by atoms with van der Waals surface area (Å²) in [7, 11) is 0. The molecule has 5 heteroatoms. The van der Waals surface area contributed by atoms with Gasteiger partial charge < -0.3 is 5.32 Å². The Kier molecular flexibility index (Phi) is 3.96. The molecule has 0 saturated heterocycles. The number of nitrogens with zero attached hydrogens (tertiary/aromatic N) is 3. The fourth-order valence-electron chi connectivity index (χ4n) is 1.82. The smallest absolute Gasteiger partial charge is 0.153 e. The van der Waals surface area contributed by atoms with Crippen LogP contribution in [0.25, 0.3) is 0 Å². The predicted octanol–water partition coefficient (Wildman–Crippen LogP) is 2.03. The molecule has 1 aromatic rings. The molecule has 1 saturated carbocycles. The Morgan fingerprint density at radius 1 is 1.56 bits per heavy atom. The summed E-state index contributed by atoms with van der Waals surface area (Å²) in [5.41, 5.74) is 0.937. The molecule has 0 aromatic carbocycles. The molecule has 2 rings (SSSR count). The molecule has 1 fully saturated rings. The number of hydrogen-bond donors (Lipinski definition) is 1. The third kappa shape index (κ3) is 3.32. The number of aromatic nitrogens is 2. The van der Waals surface area contributed by atoms with Gasteiger partial charge >= 0.3 is 0 Å². The maximum atomic E-state index is 5.75. The zero-order valence-electron chi connectivity index (χ0n) is 9.49. The zero-order valence-corrected chi connectivity index (χ0v) is 10.2. The van der Waals surface area contributed by atoms with Crippen molar-refractivity contribution in [3.05, 3.63) is 17.4 Å². The van der Waals surface area contributed by atoms with Crippen molar-refractivity contribution in [2.24, 2.45) is 0 Å². The fourth-order valence-corrected chi connectivity index (χ4v) is 1.98. The Bertz CT molecular complexity index is 341. The maximum absolute atomic E-state index is 5.75. The van der Waals surface area contributed by atoms with Crippen molar-refractivity contribution in [2.75, 3.05) is 25.0 Å². The SMILES string of the molecule is CCN(CCNc1cnnc(Cl)c1)C1CC1. The summed E-state index contributed by atoms with van der Waals surface area (Å²) in [6.45, 7) is 5.33. The van der Waals surface area contributed by atoms with E-state index in [4.69, 9.17) is 11.6 Å². The lowest BCUT2D eigenvalue weighted by molar-refractivity contribution is 0.289. The van der Waals surface area contributed by atoms with Crippen LogP contribution in [0, 0.1) is 0 Å². The summed E-state index contributed by atoms with van der Waals surface area (Å²) >= 11 is 5.75. The van der Waals surface area contributed by atoms with E-state index in [1.807, 2.05) is 0 Å². The van der Waals surface area contributed by atoms with Crippen molar-refractivity contribution in [2.45, 2.75) is 25.8 Å². The van der Waals surface area contributed by atoms with Crippen LogP contribution in [-0.4, -0.2) is 40.8 Å². The van der Waals surface area contributed by atoms with E-state index in [1.165, 1.54) is 12.8 Å². The Morgan fingerprint density at radius 2 is 2.38 bits per heavy atom. The number of anilines is 1. The van der Waals surface area contributed by atoms with Gasteiger partial charge in [-0.1, -0.05) is 18.5 Å². The quantitative estimate of drug-likeness (QED) is 0.826. The third-order valence-electron chi connectivity index (χ3n) is 2.82. The van der Waals surface area contributed by atoms with Crippen molar-refractivity contribution >= 4 is 17.3 Å². The highest BCUT2D eigenvalue weighted by Gasteiger charge is 2.26. The minimum absolute atomic E-state index is 0.430. The van der Waals surface area contributed by atoms with E-state index in [0.717, 1.165) is 31.4 Å². The molecule has 1 aliphatic rings. The molecule has 0 unspecified atom stereocenters. The van der Waals surface area contributed by atoms with E-state index in [1.54, 1.807) is 12.3 Å². The van der Waals surface area contributed by atoms with Crippen LogP contribution in [0.3, 0.4) is 0 Å². The Hall–Kier alpha value is -0.870. The van der Waals surface area contributed by atoms with Crippen molar-refractivity contribution in [1.29, 1.82) is 0 Å². The predicted molar refractivity (Wildman–Crippen MR) is 65.8 cm³/mol. The van der Waals surface area contributed by atoms with Gasteiger partial charge in [-0.15, -0.1) is 5.10 Å². The molecule has 4 nitrogen and oxygen atoms in total. The fraction of sp³-hybridized carbons (Fsp3) is 0.636. The minimum atomic E-state index is 0.430. The Morgan fingerprint density at radius 3 is 3.00 bits per heavy atom. The summed E-state index contributed by atoms with van der Waals surface area (Å²) in [5, 5.41) is 11.2. The van der Waals surface area contributed by atoms with Gasteiger partial charge in [-0.05, 0) is 19.4 Å². The molecular formula is C11H17ClN4. The van der Waals surface area contributed by atoms with Crippen LogP contribution < -0.4 is 5.32 Å². The van der Waals surface area contributed by atoms with Crippen molar-refractivity contribution in [3.8, 4) is 0 Å². The number of nitrogens with one attached hydrogen (secondary N) is 1. The van der Waals surface area contributed by atoms with Crippen molar-refractivity contribution < 1.29 is 0 Å². The second kappa shape index (κ2) is 5.46. The molecule has 0 atom stereocenters. The van der Waals surface area contributed by atoms with Gasteiger partial charge in [-0.25, -0.2) is 0 Å². The topological polar surface area (TPSA) is 41.0 Å². The van der Waals surface area contributed by atoms with Crippen LogP contribution in [-0.2, 0) is 0 Å². The number of halogens is 1. The van der Waals surface area contributed by atoms with Gasteiger partial charge in [0.15, 0.2) is 5.15 Å². The zero-order chi connectivity index (χ0) is 11.4. The van der Waals surface area contributed by atoms with Gasteiger partial charge in [-0.2, -0.15) is 5.10 Å². The molecule has 88 valence electrons. The molecule has 0 bridgehead atoms. The molecule has 16 heavy (non-hydrogen) atoms. The van der Waals surface area contributed by atoms with Crippen molar-refractivity contribution in [3.63, 3.8) is 0 Å². The van der Waals surface area contributed by atoms with Gasteiger partial charge in [-0.3, -0.25) is 4.90 Å². The molecule has 1 aliphatic carbocycles. The lowest BCUT2D eigenvalue weighted by atomic mass is 10.4. The highest BCUT2D eigenvalue weighted by Crippen LogP contribution is 2.25. The summed E-state index contributed by atoms with van der Waals surface area (Å²) < 4.78 is 0. The van der Waals surface area contributed by atoms with E-state index >= 15 is 0 Å². The van der Waals surface area contributed by atoms with E-state index in [-0.39, 0.29) is 0 Å². The van der Waals surface area contributed by atoms with Crippen LogP contribution >= 0.6 is 11.6 Å². The van der Waals surface area contributed by atoms with E-state index in [9.17, 15) is 0 Å². The van der Waals surface area contributed by atoms with Crippen molar-refractivity contribution in [1.82, 2.24) is 15.1 Å². The lowest BCUT2D eigenvalue weighted by Gasteiger charge is -2.19. The van der Waals surface area contributed by atoms with Crippen LogP contribution in [0.5, 0.6) is 0 Å². The largest absolute Gasteiger partial charge is 0.382 e. The highest BCUT2D eigenvalue weighted by atomic mass is 35.5. The van der Waals surface area contributed by atoms with Crippen LogP contribution in [0.4, 0.5) is 5.69 Å². The van der Waals surface area contributed by atoms with Crippen LogP contribution in [0.2, 0.25) is 5.15 Å². The highest BCUT2D eigenvalue weighted by molar-refractivity contribution is 6.29. The standard InChI is InChI=1S/C11H17ClN4/c1-2-16(10-3-4-10)6-5-13-9-7-11(12)15-14-8-9/h7-8,10H,2-6H2,1H3,(H,13,15). The van der Waals surface area contributed by atoms with Gasteiger partial charge in [0.25, 0.3) is 0 Å². The van der Waals surface area contributed by atoms with E-state index in [2.05, 4.69) is 27.3 Å². The van der Waals surface area contributed by atoms with Gasteiger partial charge in [0, 0.05) is 25.2 Å². The maximum Gasteiger partial charge on any atom is 0.153 e. The third-order valence-corrected chi connectivity index (χ3v) is 3.01. The average Bonchev–Trinajstić information content (AvgIpc) is 3.08. The lowest BCUT2D eigenvalue weighted by Crippen LogP contribution is -2.30. The van der Waals surface area contributed by atoms with Gasteiger partial charge in [0.05, 0.1) is 11.9 Å².